The van der Waals surface area contributed by atoms with E-state index in [4.69, 9.17) is 10.8 Å². The third-order valence-corrected chi connectivity index (χ3v) is 3.38. The van der Waals surface area contributed by atoms with Crippen LogP contribution in [0.2, 0.25) is 0 Å². The van der Waals surface area contributed by atoms with E-state index < -0.39 is 23.9 Å². The summed E-state index contributed by atoms with van der Waals surface area (Å²) in [5.74, 6) is -1.22. The number of rotatable bonds is 7. The molecule has 7 nitrogen and oxygen atoms in total. The predicted octanol–water partition coefficient (Wildman–Crippen LogP) is 0.147. The summed E-state index contributed by atoms with van der Waals surface area (Å²) < 4.78 is 0. The van der Waals surface area contributed by atoms with Crippen molar-refractivity contribution in [1.82, 2.24) is 10.2 Å². The number of primary amides is 1. The van der Waals surface area contributed by atoms with Gasteiger partial charge in [0.1, 0.15) is 6.04 Å². The van der Waals surface area contributed by atoms with E-state index in [1.807, 2.05) is 0 Å². The molecule has 1 aliphatic carbocycles. The lowest BCUT2D eigenvalue weighted by Crippen LogP contribution is -2.48. The van der Waals surface area contributed by atoms with Crippen LogP contribution in [0, 0.1) is 5.92 Å². The summed E-state index contributed by atoms with van der Waals surface area (Å²) >= 11 is 0. The van der Waals surface area contributed by atoms with Crippen LogP contribution in [-0.2, 0) is 9.59 Å². The molecule has 0 aromatic heterocycles. The van der Waals surface area contributed by atoms with Gasteiger partial charge in [0.15, 0.2) is 0 Å². The van der Waals surface area contributed by atoms with E-state index in [1.54, 1.807) is 7.05 Å². The SMILES string of the molecule is CN(CC1CCC1)C(=O)N[C@@H](CCC(N)=O)C(=O)O. The van der Waals surface area contributed by atoms with Crippen molar-refractivity contribution in [1.29, 1.82) is 0 Å². The number of carboxylic acid groups (broad SMARTS) is 1. The van der Waals surface area contributed by atoms with Gasteiger partial charge in [-0.3, -0.25) is 4.79 Å². The van der Waals surface area contributed by atoms with Crippen LogP contribution in [-0.4, -0.2) is 47.5 Å². The topological polar surface area (TPSA) is 113 Å². The minimum Gasteiger partial charge on any atom is -0.480 e. The smallest absolute Gasteiger partial charge is 0.326 e. The first-order chi connectivity index (χ1) is 8.90. The lowest BCUT2D eigenvalue weighted by Gasteiger charge is -2.30. The molecule has 0 aliphatic heterocycles. The Labute approximate surface area is 112 Å². The van der Waals surface area contributed by atoms with E-state index in [1.165, 1.54) is 11.3 Å². The second-order valence-corrected chi connectivity index (χ2v) is 5.02. The van der Waals surface area contributed by atoms with Crippen LogP contribution < -0.4 is 11.1 Å². The van der Waals surface area contributed by atoms with Crippen LogP contribution in [0.3, 0.4) is 0 Å². The van der Waals surface area contributed by atoms with Gasteiger partial charge in [-0.15, -0.1) is 0 Å². The van der Waals surface area contributed by atoms with Gasteiger partial charge in [-0.2, -0.15) is 0 Å². The molecule has 0 aromatic carbocycles. The van der Waals surface area contributed by atoms with Gasteiger partial charge in [-0.05, 0) is 25.2 Å². The minimum atomic E-state index is -1.16. The van der Waals surface area contributed by atoms with E-state index in [9.17, 15) is 14.4 Å². The van der Waals surface area contributed by atoms with E-state index in [2.05, 4.69) is 5.32 Å². The highest BCUT2D eigenvalue weighted by molar-refractivity contribution is 5.83. The lowest BCUT2D eigenvalue weighted by atomic mass is 9.85. The zero-order valence-electron chi connectivity index (χ0n) is 11.1. The summed E-state index contributed by atoms with van der Waals surface area (Å²) in [4.78, 5) is 34.9. The largest absolute Gasteiger partial charge is 0.480 e. The highest BCUT2D eigenvalue weighted by atomic mass is 16.4. The number of amides is 3. The molecule has 0 spiro atoms. The molecular weight excluding hydrogens is 250 g/mol. The average Bonchev–Trinajstić information content (AvgIpc) is 2.27. The second-order valence-electron chi connectivity index (χ2n) is 5.02. The van der Waals surface area contributed by atoms with E-state index in [-0.39, 0.29) is 12.8 Å². The van der Waals surface area contributed by atoms with Crippen LogP contribution in [0.1, 0.15) is 32.1 Å². The standard InChI is InChI=1S/C12H21N3O4/c1-15(7-8-3-2-4-8)12(19)14-9(11(17)18)5-6-10(13)16/h8-9H,2-7H2,1H3,(H2,13,16)(H,14,19)(H,17,18)/t9-/m0/s1. The van der Waals surface area contributed by atoms with Crippen LogP contribution in [0.15, 0.2) is 0 Å². The Morgan fingerprint density at radius 1 is 1.42 bits per heavy atom. The molecule has 0 unspecified atom stereocenters. The molecule has 108 valence electrons. The van der Waals surface area contributed by atoms with Gasteiger partial charge in [-0.1, -0.05) is 6.42 Å². The second kappa shape index (κ2) is 6.96. The maximum Gasteiger partial charge on any atom is 0.326 e. The fraction of sp³-hybridized carbons (Fsp3) is 0.750. The zero-order valence-corrected chi connectivity index (χ0v) is 11.1. The van der Waals surface area contributed by atoms with Crippen molar-refractivity contribution in [2.75, 3.05) is 13.6 Å². The Kier molecular flexibility index (Phi) is 5.59. The van der Waals surface area contributed by atoms with Crippen LogP contribution in [0.25, 0.3) is 0 Å². The van der Waals surface area contributed by atoms with Crippen molar-refractivity contribution in [2.45, 2.75) is 38.1 Å². The van der Waals surface area contributed by atoms with Crippen LogP contribution in [0.5, 0.6) is 0 Å². The maximum atomic E-state index is 11.8. The number of nitrogens with two attached hydrogens (primary N) is 1. The lowest BCUT2D eigenvalue weighted by molar-refractivity contribution is -0.139. The molecule has 3 amide bonds. The number of hydrogen-bond donors (Lipinski definition) is 3. The van der Waals surface area contributed by atoms with E-state index in [0.29, 0.717) is 12.5 Å². The average molecular weight is 271 g/mol. The fourth-order valence-electron chi connectivity index (χ4n) is 1.95. The molecule has 1 fully saturated rings. The number of aliphatic carboxylic acids is 1. The van der Waals surface area contributed by atoms with Gasteiger partial charge >= 0.3 is 12.0 Å². The number of nitrogens with zero attached hydrogens (tertiary/aromatic N) is 1. The van der Waals surface area contributed by atoms with Crippen LogP contribution >= 0.6 is 0 Å². The molecule has 1 aliphatic rings. The summed E-state index contributed by atoms with van der Waals surface area (Å²) in [6.45, 7) is 0.633. The van der Waals surface area contributed by atoms with E-state index in [0.717, 1.165) is 12.8 Å². The molecule has 0 radical (unpaired) electrons. The van der Waals surface area contributed by atoms with Gasteiger partial charge < -0.3 is 21.1 Å². The Morgan fingerprint density at radius 3 is 2.47 bits per heavy atom. The Balaban J connectivity index is 2.40. The number of carbonyl (C=O) groups excluding carboxylic acids is 2. The number of nitrogens with one attached hydrogen (secondary N) is 1. The molecular formula is C12H21N3O4. The molecule has 1 saturated carbocycles. The Hall–Kier alpha value is -1.79. The molecule has 0 saturated heterocycles. The number of hydrogen-bond acceptors (Lipinski definition) is 3. The first kappa shape index (κ1) is 15.3. The molecule has 0 heterocycles. The predicted molar refractivity (Wildman–Crippen MR) is 68.4 cm³/mol. The first-order valence-corrected chi connectivity index (χ1v) is 6.43. The maximum absolute atomic E-state index is 11.8. The Morgan fingerprint density at radius 2 is 2.05 bits per heavy atom. The van der Waals surface area contributed by atoms with Crippen molar-refractivity contribution in [2.24, 2.45) is 11.7 Å². The van der Waals surface area contributed by atoms with Gasteiger partial charge in [0.2, 0.25) is 5.91 Å². The monoisotopic (exact) mass is 271 g/mol. The Bertz CT molecular complexity index is 355. The third-order valence-electron chi connectivity index (χ3n) is 3.38. The summed E-state index contributed by atoms with van der Waals surface area (Å²) in [5, 5.41) is 11.4. The summed E-state index contributed by atoms with van der Waals surface area (Å²) in [6, 6.07) is -1.51. The number of carbonyl (C=O) groups is 3. The summed E-state index contributed by atoms with van der Waals surface area (Å²) in [6.07, 6.45) is 3.36. The van der Waals surface area contributed by atoms with Gasteiger partial charge in [0.05, 0.1) is 0 Å². The molecule has 0 aromatic rings. The quantitative estimate of drug-likeness (QED) is 0.611. The fourth-order valence-corrected chi connectivity index (χ4v) is 1.95. The highest BCUT2D eigenvalue weighted by Crippen LogP contribution is 2.26. The molecule has 1 atom stereocenters. The molecule has 19 heavy (non-hydrogen) atoms. The molecule has 7 heteroatoms. The van der Waals surface area contributed by atoms with Crippen molar-refractivity contribution in [3.8, 4) is 0 Å². The van der Waals surface area contributed by atoms with Crippen LogP contribution in [0.4, 0.5) is 4.79 Å². The number of carboxylic acids is 1. The molecule has 4 N–H and O–H groups in total. The molecule has 1 rings (SSSR count). The van der Waals surface area contributed by atoms with Crippen molar-refractivity contribution >= 4 is 17.9 Å². The summed E-state index contributed by atoms with van der Waals surface area (Å²) in [7, 11) is 1.64. The minimum absolute atomic E-state index is 0.00761. The number of urea groups is 1. The van der Waals surface area contributed by atoms with Gasteiger partial charge in [-0.25, -0.2) is 9.59 Å². The van der Waals surface area contributed by atoms with Gasteiger partial charge in [0.25, 0.3) is 0 Å². The normalized spacial score (nSPS) is 16.3. The molecule has 0 bridgehead atoms. The van der Waals surface area contributed by atoms with E-state index >= 15 is 0 Å². The van der Waals surface area contributed by atoms with Gasteiger partial charge in [0, 0.05) is 20.0 Å². The first-order valence-electron chi connectivity index (χ1n) is 6.43. The third kappa shape index (κ3) is 5.15. The summed E-state index contributed by atoms with van der Waals surface area (Å²) in [5.41, 5.74) is 4.97. The highest BCUT2D eigenvalue weighted by Gasteiger charge is 2.25. The van der Waals surface area contributed by atoms with Crippen molar-refractivity contribution in [3.63, 3.8) is 0 Å². The zero-order chi connectivity index (χ0) is 14.4. The van der Waals surface area contributed by atoms with Crippen molar-refractivity contribution in [3.05, 3.63) is 0 Å². The van der Waals surface area contributed by atoms with Crippen molar-refractivity contribution < 1.29 is 19.5 Å².